The van der Waals surface area contributed by atoms with Crippen molar-refractivity contribution in [3.05, 3.63) is 0 Å². The number of carbonyl (C=O) groups excluding carboxylic acids is 2. The van der Waals surface area contributed by atoms with Gasteiger partial charge in [-0.1, -0.05) is 33.1 Å². The Hall–Kier alpha value is -0.860. The molecule has 17 heavy (non-hydrogen) atoms. The van der Waals surface area contributed by atoms with E-state index in [1.807, 2.05) is 6.92 Å². The molecule has 0 fully saturated rings. The fraction of sp³-hybridized carbons (Fsp3) is 0.857. The van der Waals surface area contributed by atoms with Crippen molar-refractivity contribution in [1.29, 1.82) is 0 Å². The van der Waals surface area contributed by atoms with E-state index in [2.05, 4.69) is 6.92 Å². The van der Waals surface area contributed by atoms with E-state index in [1.165, 1.54) is 0 Å². The lowest BCUT2D eigenvalue weighted by Gasteiger charge is -2.03. The molecule has 0 radical (unpaired) electrons. The predicted molar refractivity (Wildman–Crippen MR) is 68.9 cm³/mol. The van der Waals surface area contributed by atoms with Crippen LogP contribution < -0.4 is 0 Å². The lowest BCUT2D eigenvalue weighted by Crippen LogP contribution is -2.05. The van der Waals surface area contributed by atoms with Crippen molar-refractivity contribution in [2.24, 2.45) is 0 Å². The van der Waals surface area contributed by atoms with Crippen molar-refractivity contribution in [2.45, 2.75) is 71.6 Å². The maximum atomic E-state index is 11.2. The normalized spacial score (nSPS) is 10.2. The third kappa shape index (κ3) is 11.4. The lowest BCUT2D eigenvalue weighted by atomic mass is 10.1. The van der Waals surface area contributed by atoms with Gasteiger partial charge < -0.3 is 4.74 Å². The molecule has 0 aliphatic rings. The van der Waals surface area contributed by atoms with Crippen molar-refractivity contribution in [3.8, 4) is 0 Å². The molecule has 0 saturated carbocycles. The topological polar surface area (TPSA) is 43.4 Å². The standard InChI is InChI=1S/C14H26O3/c1-3-5-12-17-14(16)11-9-7-6-8-10-13(15)4-2/h3-12H2,1-2H3. The van der Waals surface area contributed by atoms with Crippen LogP contribution in [-0.2, 0) is 14.3 Å². The Morgan fingerprint density at radius 2 is 1.53 bits per heavy atom. The SMILES string of the molecule is CCCCOC(=O)CCCCCCC(=O)CC. The van der Waals surface area contributed by atoms with Gasteiger partial charge in [-0.2, -0.15) is 0 Å². The van der Waals surface area contributed by atoms with Gasteiger partial charge in [0.15, 0.2) is 0 Å². The summed E-state index contributed by atoms with van der Waals surface area (Å²) in [7, 11) is 0. The molecule has 0 unspecified atom stereocenters. The average molecular weight is 242 g/mol. The minimum absolute atomic E-state index is 0.0805. The Kier molecular flexibility index (Phi) is 11.0. The summed E-state index contributed by atoms with van der Waals surface area (Å²) in [5.74, 6) is 0.257. The second-order valence-corrected chi connectivity index (χ2v) is 4.38. The Balaban J connectivity index is 3.22. The molecule has 0 atom stereocenters. The van der Waals surface area contributed by atoms with Crippen LogP contribution in [-0.4, -0.2) is 18.4 Å². The molecule has 0 N–H and O–H groups in total. The van der Waals surface area contributed by atoms with E-state index < -0.39 is 0 Å². The monoisotopic (exact) mass is 242 g/mol. The quantitative estimate of drug-likeness (QED) is 0.410. The molecule has 0 heterocycles. The molecule has 3 nitrogen and oxygen atoms in total. The predicted octanol–water partition coefficient (Wildman–Crippen LogP) is 3.65. The Bertz CT molecular complexity index is 212. The van der Waals surface area contributed by atoms with Gasteiger partial charge in [0, 0.05) is 19.3 Å². The summed E-state index contributed by atoms with van der Waals surface area (Å²) in [6.45, 7) is 4.53. The van der Waals surface area contributed by atoms with E-state index in [9.17, 15) is 9.59 Å². The van der Waals surface area contributed by atoms with Crippen LogP contribution in [0.1, 0.15) is 71.6 Å². The second kappa shape index (κ2) is 11.6. The van der Waals surface area contributed by atoms with Crippen molar-refractivity contribution in [2.75, 3.05) is 6.61 Å². The Morgan fingerprint density at radius 1 is 0.882 bits per heavy atom. The van der Waals surface area contributed by atoms with Gasteiger partial charge in [0.25, 0.3) is 0 Å². The van der Waals surface area contributed by atoms with Crippen LogP contribution in [0.3, 0.4) is 0 Å². The summed E-state index contributed by atoms with van der Waals surface area (Å²) >= 11 is 0. The highest BCUT2D eigenvalue weighted by molar-refractivity contribution is 5.77. The van der Waals surface area contributed by atoms with Crippen molar-refractivity contribution in [3.63, 3.8) is 0 Å². The van der Waals surface area contributed by atoms with Gasteiger partial charge in [-0.3, -0.25) is 9.59 Å². The average Bonchev–Trinajstić information content (AvgIpc) is 2.33. The first-order chi connectivity index (χ1) is 8.20. The molecule has 0 saturated heterocycles. The van der Waals surface area contributed by atoms with Gasteiger partial charge in [-0.15, -0.1) is 0 Å². The first-order valence-electron chi connectivity index (χ1n) is 6.88. The fourth-order valence-electron chi connectivity index (χ4n) is 1.52. The van der Waals surface area contributed by atoms with E-state index in [1.54, 1.807) is 0 Å². The maximum absolute atomic E-state index is 11.2. The summed E-state index contributed by atoms with van der Waals surface area (Å²) in [6.07, 6.45) is 7.74. The van der Waals surface area contributed by atoms with E-state index in [4.69, 9.17) is 4.74 Å². The zero-order valence-electron chi connectivity index (χ0n) is 11.3. The van der Waals surface area contributed by atoms with Crippen LogP contribution >= 0.6 is 0 Å². The van der Waals surface area contributed by atoms with Gasteiger partial charge in [0.05, 0.1) is 6.61 Å². The van der Waals surface area contributed by atoms with Crippen LogP contribution in [0.4, 0.5) is 0 Å². The number of Topliss-reactive ketones (excluding diaryl/α,β-unsaturated/α-hetero) is 1. The first-order valence-corrected chi connectivity index (χ1v) is 6.88. The number of unbranched alkanes of at least 4 members (excludes halogenated alkanes) is 4. The molecule has 0 spiro atoms. The molecule has 100 valence electrons. The van der Waals surface area contributed by atoms with Gasteiger partial charge in [-0.05, 0) is 19.3 Å². The third-order valence-corrected chi connectivity index (χ3v) is 2.74. The molecule has 0 aromatic carbocycles. The van der Waals surface area contributed by atoms with Crippen LogP contribution in [0.5, 0.6) is 0 Å². The highest BCUT2D eigenvalue weighted by Gasteiger charge is 2.02. The molecule has 0 amide bonds. The van der Waals surface area contributed by atoms with Gasteiger partial charge >= 0.3 is 5.97 Å². The lowest BCUT2D eigenvalue weighted by molar-refractivity contribution is -0.143. The smallest absolute Gasteiger partial charge is 0.305 e. The minimum Gasteiger partial charge on any atom is -0.466 e. The van der Waals surface area contributed by atoms with Crippen LogP contribution in [0.2, 0.25) is 0 Å². The van der Waals surface area contributed by atoms with Crippen molar-refractivity contribution in [1.82, 2.24) is 0 Å². The molecule has 0 aliphatic heterocycles. The maximum Gasteiger partial charge on any atom is 0.305 e. The molecule has 0 aliphatic carbocycles. The third-order valence-electron chi connectivity index (χ3n) is 2.74. The molecular formula is C14H26O3. The first kappa shape index (κ1) is 16.1. The minimum atomic E-state index is -0.0805. The fourth-order valence-corrected chi connectivity index (χ4v) is 1.52. The number of hydrogen-bond donors (Lipinski definition) is 0. The van der Waals surface area contributed by atoms with E-state index in [0.717, 1.165) is 38.5 Å². The van der Waals surface area contributed by atoms with Crippen LogP contribution in [0, 0.1) is 0 Å². The largest absolute Gasteiger partial charge is 0.466 e. The molecule has 3 heteroatoms. The second-order valence-electron chi connectivity index (χ2n) is 4.38. The van der Waals surface area contributed by atoms with E-state index in [-0.39, 0.29) is 5.97 Å². The number of rotatable bonds is 11. The number of esters is 1. The number of ketones is 1. The zero-order chi connectivity index (χ0) is 12.9. The zero-order valence-corrected chi connectivity index (χ0v) is 11.3. The molecule has 0 aromatic rings. The summed E-state index contributed by atoms with van der Waals surface area (Å²) in [4.78, 5) is 22.3. The summed E-state index contributed by atoms with van der Waals surface area (Å²) in [6, 6.07) is 0. The van der Waals surface area contributed by atoms with Crippen molar-refractivity contribution >= 4 is 11.8 Å². The highest BCUT2D eigenvalue weighted by atomic mass is 16.5. The molecule has 0 rings (SSSR count). The van der Waals surface area contributed by atoms with Crippen LogP contribution in [0.25, 0.3) is 0 Å². The number of hydrogen-bond acceptors (Lipinski definition) is 3. The highest BCUT2D eigenvalue weighted by Crippen LogP contribution is 2.07. The van der Waals surface area contributed by atoms with Crippen LogP contribution in [0.15, 0.2) is 0 Å². The summed E-state index contributed by atoms with van der Waals surface area (Å²) in [5.41, 5.74) is 0. The molecular weight excluding hydrogens is 216 g/mol. The Morgan fingerprint density at radius 3 is 2.12 bits per heavy atom. The van der Waals surface area contributed by atoms with Crippen molar-refractivity contribution < 1.29 is 14.3 Å². The number of ether oxygens (including phenoxy) is 1. The molecule has 0 bridgehead atoms. The summed E-state index contributed by atoms with van der Waals surface area (Å²) < 4.78 is 5.05. The van der Waals surface area contributed by atoms with E-state index >= 15 is 0 Å². The number of carbonyl (C=O) groups is 2. The molecule has 0 aromatic heterocycles. The van der Waals surface area contributed by atoms with Gasteiger partial charge in [0.1, 0.15) is 5.78 Å². The Labute approximate surface area is 105 Å². The van der Waals surface area contributed by atoms with E-state index in [0.29, 0.717) is 31.7 Å². The van der Waals surface area contributed by atoms with Gasteiger partial charge in [0.2, 0.25) is 0 Å². The summed E-state index contributed by atoms with van der Waals surface area (Å²) in [5, 5.41) is 0. The van der Waals surface area contributed by atoms with Gasteiger partial charge in [-0.25, -0.2) is 0 Å².